The van der Waals surface area contributed by atoms with Gasteiger partial charge in [-0.3, -0.25) is 4.79 Å². The highest BCUT2D eigenvalue weighted by Gasteiger charge is 2.29. The predicted octanol–water partition coefficient (Wildman–Crippen LogP) is 2.50. The van der Waals surface area contributed by atoms with Gasteiger partial charge >= 0.3 is 0 Å². The Balaban J connectivity index is 2.61. The normalized spacial score (nSPS) is 11.5. The van der Waals surface area contributed by atoms with Gasteiger partial charge < -0.3 is 9.32 Å². The number of carbonyl (C=O) groups is 1. The number of hydrogen-bond donors (Lipinski definition) is 0. The molecule has 1 amide bonds. The van der Waals surface area contributed by atoms with E-state index in [1.807, 2.05) is 19.9 Å². The summed E-state index contributed by atoms with van der Waals surface area (Å²) in [5.41, 5.74) is -0.525. The number of carbonyl (C=O) groups excluding carboxylic acids is 1. The summed E-state index contributed by atoms with van der Waals surface area (Å²) in [7, 11) is 1.75. The van der Waals surface area contributed by atoms with Crippen molar-refractivity contribution in [2.24, 2.45) is 5.41 Å². The zero-order valence-electron chi connectivity index (χ0n) is 9.29. The van der Waals surface area contributed by atoms with Crippen LogP contribution in [-0.2, 0) is 11.3 Å². The van der Waals surface area contributed by atoms with Gasteiger partial charge in [0, 0.05) is 12.9 Å². The van der Waals surface area contributed by atoms with E-state index in [0.29, 0.717) is 12.4 Å². The predicted molar refractivity (Wildman–Crippen MR) is 59.7 cm³/mol. The Kier molecular flexibility index (Phi) is 3.80. The molecule has 0 N–H and O–H groups in total. The molecule has 0 aromatic carbocycles. The van der Waals surface area contributed by atoms with E-state index in [0.717, 1.165) is 5.76 Å². The van der Waals surface area contributed by atoms with E-state index in [1.165, 1.54) is 0 Å². The Hall–Kier alpha value is -0.960. The third-order valence-electron chi connectivity index (χ3n) is 2.23. The highest BCUT2D eigenvalue weighted by atomic mass is 35.5. The second-order valence-electron chi connectivity index (χ2n) is 4.26. The van der Waals surface area contributed by atoms with E-state index in [4.69, 9.17) is 16.0 Å². The molecule has 84 valence electrons. The molecule has 0 unspecified atom stereocenters. The average molecular weight is 230 g/mol. The average Bonchev–Trinajstić information content (AvgIpc) is 2.69. The quantitative estimate of drug-likeness (QED) is 0.744. The number of amides is 1. The minimum Gasteiger partial charge on any atom is -0.467 e. The summed E-state index contributed by atoms with van der Waals surface area (Å²) < 4.78 is 5.17. The van der Waals surface area contributed by atoms with Crippen LogP contribution in [0, 0.1) is 5.41 Å². The lowest BCUT2D eigenvalue weighted by molar-refractivity contribution is -0.138. The van der Waals surface area contributed by atoms with Gasteiger partial charge in [0.2, 0.25) is 5.91 Å². The van der Waals surface area contributed by atoms with Crippen molar-refractivity contribution in [3.8, 4) is 0 Å². The summed E-state index contributed by atoms with van der Waals surface area (Å²) in [4.78, 5) is 13.5. The third kappa shape index (κ3) is 2.99. The molecule has 1 heterocycles. The summed E-state index contributed by atoms with van der Waals surface area (Å²) in [6, 6.07) is 3.65. The first-order chi connectivity index (χ1) is 6.97. The molecule has 0 aliphatic heterocycles. The van der Waals surface area contributed by atoms with Gasteiger partial charge in [0.25, 0.3) is 0 Å². The SMILES string of the molecule is CN(Cc1ccco1)C(=O)C(C)(C)CCl. The van der Waals surface area contributed by atoms with Crippen molar-refractivity contribution in [3.05, 3.63) is 24.2 Å². The topological polar surface area (TPSA) is 33.5 Å². The van der Waals surface area contributed by atoms with Gasteiger partial charge in [-0.15, -0.1) is 11.6 Å². The molecule has 0 fully saturated rings. The Bertz CT molecular complexity index is 319. The Morgan fingerprint density at radius 2 is 2.27 bits per heavy atom. The van der Waals surface area contributed by atoms with E-state index < -0.39 is 5.41 Å². The van der Waals surface area contributed by atoms with Crippen molar-refractivity contribution in [2.45, 2.75) is 20.4 Å². The lowest BCUT2D eigenvalue weighted by Crippen LogP contribution is -2.39. The molecule has 15 heavy (non-hydrogen) atoms. The first kappa shape index (κ1) is 12.1. The van der Waals surface area contributed by atoms with Crippen LogP contribution in [0.1, 0.15) is 19.6 Å². The zero-order valence-corrected chi connectivity index (χ0v) is 10.0. The fourth-order valence-corrected chi connectivity index (χ4v) is 1.40. The Morgan fingerprint density at radius 1 is 1.60 bits per heavy atom. The van der Waals surface area contributed by atoms with Gasteiger partial charge in [-0.2, -0.15) is 0 Å². The number of nitrogens with zero attached hydrogens (tertiary/aromatic N) is 1. The van der Waals surface area contributed by atoms with Crippen LogP contribution in [0.15, 0.2) is 22.8 Å². The molecule has 0 saturated heterocycles. The standard InChI is InChI=1S/C11H16ClNO2/c1-11(2,8-12)10(14)13(3)7-9-5-4-6-15-9/h4-6H,7-8H2,1-3H3. The van der Waals surface area contributed by atoms with Crippen molar-refractivity contribution in [1.82, 2.24) is 4.90 Å². The first-order valence-corrected chi connectivity index (χ1v) is 5.35. The van der Waals surface area contributed by atoms with Gasteiger partial charge in [0.15, 0.2) is 0 Å². The van der Waals surface area contributed by atoms with Crippen molar-refractivity contribution in [3.63, 3.8) is 0 Å². The van der Waals surface area contributed by atoms with Crippen LogP contribution in [0.25, 0.3) is 0 Å². The molecule has 0 spiro atoms. The molecule has 0 aliphatic carbocycles. The molecule has 1 rings (SSSR count). The number of halogens is 1. The van der Waals surface area contributed by atoms with Gasteiger partial charge in [-0.25, -0.2) is 0 Å². The lowest BCUT2D eigenvalue weighted by atomic mass is 9.94. The second-order valence-corrected chi connectivity index (χ2v) is 4.53. The molecule has 3 nitrogen and oxygen atoms in total. The van der Waals surface area contributed by atoms with Crippen molar-refractivity contribution in [1.29, 1.82) is 0 Å². The van der Waals surface area contributed by atoms with Crippen LogP contribution in [0.2, 0.25) is 0 Å². The van der Waals surface area contributed by atoms with Gasteiger partial charge in [0.05, 0.1) is 18.2 Å². The van der Waals surface area contributed by atoms with Crippen molar-refractivity contribution >= 4 is 17.5 Å². The van der Waals surface area contributed by atoms with Crippen LogP contribution in [-0.4, -0.2) is 23.7 Å². The third-order valence-corrected chi connectivity index (χ3v) is 2.90. The summed E-state index contributed by atoms with van der Waals surface area (Å²) in [5.74, 6) is 1.11. The molecule has 0 aliphatic rings. The summed E-state index contributed by atoms with van der Waals surface area (Å²) >= 11 is 5.74. The Morgan fingerprint density at radius 3 is 2.73 bits per heavy atom. The Labute approximate surface area is 95.0 Å². The summed E-state index contributed by atoms with van der Waals surface area (Å²) in [6.45, 7) is 4.15. The monoisotopic (exact) mass is 229 g/mol. The number of alkyl halides is 1. The lowest BCUT2D eigenvalue weighted by Gasteiger charge is -2.26. The number of hydrogen-bond acceptors (Lipinski definition) is 2. The van der Waals surface area contributed by atoms with Crippen molar-refractivity contribution in [2.75, 3.05) is 12.9 Å². The molecule has 0 radical (unpaired) electrons. The molecule has 0 saturated carbocycles. The highest BCUT2D eigenvalue weighted by Crippen LogP contribution is 2.21. The molecular weight excluding hydrogens is 214 g/mol. The molecule has 0 atom stereocenters. The van der Waals surface area contributed by atoms with Crippen LogP contribution in [0.4, 0.5) is 0 Å². The highest BCUT2D eigenvalue weighted by molar-refractivity contribution is 6.19. The van der Waals surface area contributed by atoms with Crippen LogP contribution < -0.4 is 0 Å². The molecule has 1 aromatic rings. The van der Waals surface area contributed by atoms with Crippen LogP contribution >= 0.6 is 11.6 Å². The maximum absolute atomic E-state index is 11.9. The van der Waals surface area contributed by atoms with E-state index in [1.54, 1.807) is 24.3 Å². The number of rotatable bonds is 4. The largest absolute Gasteiger partial charge is 0.467 e. The second kappa shape index (κ2) is 4.71. The minimum atomic E-state index is -0.525. The molecule has 0 bridgehead atoms. The maximum atomic E-state index is 11.9. The fraction of sp³-hybridized carbons (Fsp3) is 0.545. The van der Waals surface area contributed by atoms with Crippen LogP contribution in [0.3, 0.4) is 0 Å². The van der Waals surface area contributed by atoms with E-state index >= 15 is 0 Å². The van der Waals surface area contributed by atoms with Crippen LogP contribution in [0.5, 0.6) is 0 Å². The molecular formula is C11H16ClNO2. The van der Waals surface area contributed by atoms with Gasteiger partial charge in [-0.1, -0.05) is 0 Å². The summed E-state index contributed by atoms with van der Waals surface area (Å²) in [5, 5.41) is 0. The zero-order chi connectivity index (χ0) is 11.5. The van der Waals surface area contributed by atoms with Gasteiger partial charge in [0.1, 0.15) is 5.76 Å². The fourth-order valence-electron chi connectivity index (χ4n) is 1.28. The minimum absolute atomic E-state index is 0.0221. The maximum Gasteiger partial charge on any atom is 0.229 e. The summed E-state index contributed by atoms with van der Waals surface area (Å²) in [6.07, 6.45) is 1.60. The number of furan rings is 1. The first-order valence-electron chi connectivity index (χ1n) is 4.81. The van der Waals surface area contributed by atoms with Crippen molar-refractivity contribution < 1.29 is 9.21 Å². The van der Waals surface area contributed by atoms with E-state index in [9.17, 15) is 4.79 Å². The van der Waals surface area contributed by atoms with Gasteiger partial charge in [-0.05, 0) is 26.0 Å². The smallest absolute Gasteiger partial charge is 0.229 e. The molecule has 4 heteroatoms. The molecule has 1 aromatic heterocycles. The van der Waals surface area contributed by atoms with E-state index in [2.05, 4.69) is 0 Å². The van der Waals surface area contributed by atoms with E-state index in [-0.39, 0.29) is 5.91 Å².